The van der Waals surface area contributed by atoms with Gasteiger partial charge in [-0.3, -0.25) is 0 Å². The summed E-state index contributed by atoms with van der Waals surface area (Å²) in [6, 6.07) is 0. The van der Waals surface area contributed by atoms with E-state index >= 15 is 0 Å². The second kappa shape index (κ2) is 6.44. The quantitative estimate of drug-likeness (QED) is 0.697. The normalized spacial score (nSPS) is 21.8. The van der Waals surface area contributed by atoms with Crippen LogP contribution in [-0.2, 0) is 0 Å². The molecule has 1 saturated heterocycles. The summed E-state index contributed by atoms with van der Waals surface area (Å²) in [6.45, 7) is 4.67. The van der Waals surface area contributed by atoms with Crippen molar-refractivity contribution >= 4 is 0 Å². The molecular weight excluding hydrogens is 148 g/mol. The molecule has 0 aromatic heterocycles. The Morgan fingerprint density at radius 2 is 1.50 bits per heavy atom. The van der Waals surface area contributed by atoms with Gasteiger partial charge in [0, 0.05) is 0 Å². The van der Waals surface area contributed by atoms with E-state index in [1.54, 1.807) is 0 Å². The molecule has 1 aliphatic rings. The van der Waals surface area contributed by atoms with E-state index < -0.39 is 0 Å². The lowest BCUT2D eigenvalue weighted by Crippen LogP contribution is -2.29. The summed E-state index contributed by atoms with van der Waals surface area (Å²) in [5, 5.41) is 0. The van der Waals surface area contributed by atoms with Gasteiger partial charge in [0.2, 0.25) is 0 Å². The van der Waals surface area contributed by atoms with Crippen LogP contribution < -0.4 is 5.73 Å². The van der Waals surface area contributed by atoms with Crippen LogP contribution in [0.4, 0.5) is 0 Å². The molecule has 1 fully saturated rings. The van der Waals surface area contributed by atoms with Crippen LogP contribution >= 0.6 is 0 Å². The van der Waals surface area contributed by atoms with Gasteiger partial charge in [-0.2, -0.15) is 0 Å². The van der Waals surface area contributed by atoms with Crippen LogP contribution in [0.25, 0.3) is 0 Å². The third kappa shape index (κ3) is 4.07. The van der Waals surface area contributed by atoms with Gasteiger partial charge in [-0.15, -0.1) is 0 Å². The Hall–Kier alpha value is -0.0800. The van der Waals surface area contributed by atoms with E-state index in [9.17, 15) is 0 Å². The van der Waals surface area contributed by atoms with Crippen molar-refractivity contribution in [2.75, 3.05) is 26.2 Å². The molecule has 0 atom stereocenters. The van der Waals surface area contributed by atoms with Crippen molar-refractivity contribution in [2.45, 2.75) is 38.5 Å². The van der Waals surface area contributed by atoms with Crippen molar-refractivity contribution in [1.82, 2.24) is 4.90 Å². The van der Waals surface area contributed by atoms with Gasteiger partial charge in [0.15, 0.2) is 0 Å². The van der Waals surface area contributed by atoms with Gasteiger partial charge in [0.1, 0.15) is 0 Å². The summed E-state index contributed by atoms with van der Waals surface area (Å²) in [5.74, 6) is 0. The Morgan fingerprint density at radius 3 is 2.08 bits per heavy atom. The summed E-state index contributed by atoms with van der Waals surface area (Å²) in [4.78, 5) is 2.58. The predicted octanol–water partition coefficient (Wildman–Crippen LogP) is 1.60. The molecule has 2 heteroatoms. The van der Waals surface area contributed by atoms with E-state index in [1.807, 2.05) is 0 Å². The SMILES string of the molecule is NCCCN1CCCCCCC1. The molecule has 0 aliphatic carbocycles. The summed E-state index contributed by atoms with van der Waals surface area (Å²) in [7, 11) is 0. The summed E-state index contributed by atoms with van der Waals surface area (Å²) < 4.78 is 0. The highest BCUT2D eigenvalue weighted by molar-refractivity contribution is 4.62. The van der Waals surface area contributed by atoms with Gasteiger partial charge in [0.25, 0.3) is 0 Å². The molecule has 0 aromatic rings. The van der Waals surface area contributed by atoms with Gasteiger partial charge >= 0.3 is 0 Å². The average Bonchev–Trinajstić information content (AvgIpc) is 2.02. The van der Waals surface area contributed by atoms with Crippen LogP contribution in [0.5, 0.6) is 0 Å². The molecule has 0 radical (unpaired) electrons. The lowest BCUT2D eigenvalue weighted by molar-refractivity contribution is 0.246. The minimum absolute atomic E-state index is 0.844. The topological polar surface area (TPSA) is 29.3 Å². The monoisotopic (exact) mass is 170 g/mol. The van der Waals surface area contributed by atoms with Gasteiger partial charge in [-0.05, 0) is 45.4 Å². The van der Waals surface area contributed by atoms with E-state index in [4.69, 9.17) is 5.73 Å². The predicted molar refractivity (Wildman–Crippen MR) is 53.2 cm³/mol. The summed E-state index contributed by atoms with van der Waals surface area (Å²) in [6.07, 6.45) is 8.26. The molecule has 0 spiro atoms. The highest BCUT2D eigenvalue weighted by Gasteiger charge is 2.06. The maximum absolute atomic E-state index is 5.49. The molecule has 72 valence electrons. The lowest BCUT2D eigenvalue weighted by Gasteiger charge is -2.23. The molecule has 1 rings (SSSR count). The highest BCUT2D eigenvalue weighted by atomic mass is 15.1. The number of rotatable bonds is 3. The first-order valence-corrected chi connectivity index (χ1v) is 5.36. The largest absolute Gasteiger partial charge is 0.330 e. The van der Waals surface area contributed by atoms with Crippen molar-refractivity contribution in [3.05, 3.63) is 0 Å². The number of hydrogen-bond donors (Lipinski definition) is 1. The van der Waals surface area contributed by atoms with Gasteiger partial charge in [-0.1, -0.05) is 19.3 Å². The van der Waals surface area contributed by atoms with Gasteiger partial charge in [-0.25, -0.2) is 0 Å². The van der Waals surface area contributed by atoms with E-state index in [-0.39, 0.29) is 0 Å². The molecule has 0 aromatic carbocycles. The third-order valence-electron chi connectivity index (χ3n) is 2.63. The van der Waals surface area contributed by atoms with Crippen LogP contribution in [0.3, 0.4) is 0 Å². The fourth-order valence-corrected chi connectivity index (χ4v) is 1.85. The van der Waals surface area contributed by atoms with Crippen molar-refractivity contribution < 1.29 is 0 Å². The minimum Gasteiger partial charge on any atom is -0.330 e. The molecule has 0 bridgehead atoms. The molecule has 2 nitrogen and oxygen atoms in total. The Morgan fingerprint density at radius 1 is 0.917 bits per heavy atom. The van der Waals surface area contributed by atoms with Crippen LogP contribution in [0.15, 0.2) is 0 Å². The van der Waals surface area contributed by atoms with E-state index in [0.29, 0.717) is 0 Å². The second-order valence-electron chi connectivity index (χ2n) is 3.75. The van der Waals surface area contributed by atoms with Crippen molar-refractivity contribution in [2.24, 2.45) is 5.73 Å². The van der Waals surface area contributed by atoms with Crippen LogP contribution in [-0.4, -0.2) is 31.1 Å². The molecule has 0 amide bonds. The molecule has 0 saturated carbocycles. The van der Waals surface area contributed by atoms with E-state index in [1.165, 1.54) is 58.2 Å². The zero-order chi connectivity index (χ0) is 8.65. The minimum atomic E-state index is 0.844. The van der Waals surface area contributed by atoms with Crippen LogP contribution in [0.1, 0.15) is 38.5 Å². The van der Waals surface area contributed by atoms with Gasteiger partial charge < -0.3 is 10.6 Å². The molecule has 1 heterocycles. The number of nitrogens with zero attached hydrogens (tertiary/aromatic N) is 1. The molecule has 1 aliphatic heterocycles. The van der Waals surface area contributed by atoms with Crippen molar-refractivity contribution in [3.8, 4) is 0 Å². The fraction of sp³-hybridized carbons (Fsp3) is 1.00. The molecule has 2 N–H and O–H groups in total. The number of hydrogen-bond acceptors (Lipinski definition) is 2. The van der Waals surface area contributed by atoms with E-state index in [2.05, 4.69) is 4.90 Å². The maximum atomic E-state index is 5.49. The zero-order valence-corrected chi connectivity index (χ0v) is 8.10. The first-order valence-electron chi connectivity index (χ1n) is 5.36. The third-order valence-corrected chi connectivity index (χ3v) is 2.63. The van der Waals surface area contributed by atoms with E-state index in [0.717, 1.165) is 6.54 Å². The Bertz CT molecular complexity index is 93.3. The lowest BCUT2D eigenvalue weighted by atomic mass is 10.1. The molecule has 0 unspecified atom stereocenters. The van der Waals surface area contributed by atoms with Crippen molar-refractivity contribution in [1.29, 1.82) is 0 Å². The smallest absolute Gasteiger partial charge is 0.000672 e. The van der Waals surface area contributed by atoms with Crippen molar-refractivity contribution in [3.63, 3.8) is 0 Å². The average molecular weight is 170 g/mol. The Kier molecular flexibility index (Phi) is 5.37. The highest BCUT2D eigenvalue weighted by Crippen LogP contribution is 2.10. The first kappa shape index (κ1) is 10.0. The standard InChI is InChI=1S/C10H22N2/c11-7-6-10-12-8-4-2-1-3-5-9-12/h1-11H2. The first-order chi connectivity index (χ1) is 5.93. The Balaban J connectivity index is 2.11. The van der Waals surface area contributed by atoms with Crippen LogP contribution in [0, 0.1) is 0 Å². The summed E-state index contributed by atoms with van der Waals surface area (Å²) in [5.41, 5.74) is 5.49. The Labute approximate surface area is 76.1 Å². The van der Waals surface area contributed by atoms with Crippen LogP contribution in [0.2, 0.25) is 0 Å². The fourth-order valence-electron chi connectivity index (χ4n) is 1.85. The number of likely N-dealkylation sites (tertiary alicyclic amines) is 1. The molecule has 12 heavy (non-hydrogen) atoms. The van der Waals surface area contributed by atoms with Gasteiger partial charge in [0.05, 0.1) is 0 Å². The summed E-state index contributed by atoms with van der Waals surface area (Å²) >= 11 is 0. The molecular formula is C10H22N2. The maximum Gasteiger partial charge on any atom is -0.000672 e. The zero-order valence-electron chi connectivity index (χ0n) is 8.10. The number of nitrogens with two attached hydrogens (primary N) is 1. The second-order valence-corrected chi connectivity index (χ2v) is 3.75.